The van der Waals surface area contributed by atoms with Crippen molar-refractivity contribution < 1.29 is 9.84 Å². The van der Waals surface area contributed by atoms with Gasteiger partial charge in [-0.15, -0.1) is 0 Å². The Kier molecular flexibility index (Phi) is 5.63. The third kappa shape index (κ3) is 4.67. The minimum absolute atomic E-state index is 0.113. The molecule has 0 amide bonds. The van der Waals surface area contributed by atoms with Crippen LogP contribution in [-0.2, 0) is 0 Å². The molecule has 1 rings (SSSR count). The Morgan fingerprint density at radius 2 is 2.00 bits per heavy atom. The van der Waals surface area contributed by atoms with Gasteiger partial charge in [0.2, 0.25) is 0 Å². The molecule has 0 aliphatic rings. The molecule has 0 bridgehead atoms. The molecule has 3 heteroatoms. The predicted octanol–water partition coefficient (Wildman–Crippen LogP) is 2.51. The van der Waals surface area contributed by atoms with Crippen LogP contribution < -0.4 is 10.1 Å². The molecule has 0 aromatic heterocycles. The third-order valence-corrected chi connectivity index (χ3v) is 2.99. The number of rotatable bonds is 7. The standard InChI is InChI=1S/C15H25NO2/c1-12(2)16-15(4,11-17)9-10-18-14-8-6-5-7-13(14)3/h5-8,12,16-17H,9-11H2,1-4H3. The van der Waals surface area contributed by atoms with Crippen LogP contribution >= 0.6 is 0 Å². The normalized spacial score (nSPS) is 14.6. The van der Waals surface area contributed by atoms with E-state index in [4.69, 9.17) is 4.74 Å². The van der Waals surface area contributed by atoms with Crippen molar-refractivity contribution in [3.63, 3.8) is 0 Å². The summed E-state index contributed by atoms with van der Waals surface area (Å²) in [4.78, 5) is 0. The molecule has 0 saturated carbocycles. The Labute approximate surface area is 110 Å². The van der Waals surface area contributed by atoms with Gasteiger partial charge in [-0.3, -0.25) is 0 Å². The average Bonchev–Trinajstić information content (AvgIpc) is 2.31. The van der Waals surface area contributed by atoms with Gasteiger partial charge in [-0.1, -0.05) is 32.0 Å². The molecule has 1 unspecified atom stereocenters. The molecular formula is C15H25NO2. The zero-order valence-corrected chi connectivity index (χ0v) is 11.9. The highest BCUT2D eigenvalue weighted by Crippen LogP contribution is 2.18. The Balaban J connectivity index is 2.47. The first-order chi connectivity index (χ1) is 8.47. The van der Waals surface area contributed by atoms with Crippen LogP contribution in [0.1, 0.15) is 32.8 Å². The van der Waals surface area contributed by atoms with E-state index in [2.05, 4.69) is 19.2 Å². The highest BCUT2D eigenvalue weighted by Gasteiger charge is 2.23. The van der Waals surface area contributed by atoms with Crippen molar-refractivity contribution in [2.75, 3.05) is 13.2 Å². The summed E-state index contributed by atoms with van der Waals surface area (Å²) >= 11 is 0. The van der Waals surface area contributed by atoms with Crippen LogP contribution in [0, 0.1) is 6.92 Å². The number of benzene rings is 1. The number of nitrogens with one attached hydrogen (secondary N) is 1. The Morgan fingerprint density at radius 1 is 1.33 bits per heavy atom. The van der Waals surface area contributed by atoms with Gasteiger partial charge >= 0.3 is 0 Å². The second-order valence-corrected chi connectivity index (χ2v) is 5.38. The number of ether oxygens (including phenoxy) is 1. The van der Waals surface area contributed by atoms with Crippen LogP contribution in [0.15, 0.2) is 24.3 Å². The number of hydrogen-bond donors (Lipinski definition) is 2. The number of para-hydroxylation sites is 1. The molecule has 0 spiro atoms. The fourth-order valence-corrected chi connectivity index (χ4v) is 2.00. The Bertz CT molecular complexity index is 365. The smallest absolute Gasteiger partial charge is 0.122 e. The first-order valence-electron chi connectivity index (χ1n) is 6.54. The summed E-state index contributed by atoms with van der Waals surface area (Å²) in [6.07, 6.45) is 0.774. The van der Waals surface area contributed by atoms with Gasteiger partial charge in [-0.05, 0) is 25.5 Å². The fraction of sp³-hybridized carbons (Fsp3) is 0.600. The topological polar surface area (TPSA) is 41.5 Å². The number of hydrogen-bond acceptors (Lipinski definition) is 3. The maximum atomic E-state index is 9.47. The number of aliphatic hydroxyl groups is 1. The summed E-state index contributed by atoms with van der Waals surface area (Å²) in [5.41, 5.74) is 0.858. The van der Waals surface area contributed by atoms with Gasteiger partial charge in [0.05, 0.1) is 13.2 Å². The van der Waals surface area contributed by atoms with Gasteiger partial charge in [0, 0.05) is 18.0 Å². The summed E-state index contributed by atoms with van der Waals surface area (Å²) in [5.74, 6) is 0.919. The van der Waals surface area contributed by atoms with E-state index in [-0.39, 0.29) is 12.1 Å². The van der Waals surface area contributed by atoms with Crippen LogP contribution in [0.2, 0.25) is 0 Å². The number of aryl methyl sites for hydroxylation is 1. The molecule has 1 atom stereocenters. The predicted molar refractivity (Wildman–Crippen MR) is 75.1 cm³/mol. The first-order valence-corrected chi connectivity index (χ1v) is 6.54. The van der Waals surface area contributed by atoms with Crippen molar-refractivity contribution in [1.82, 2.24) is 5.32 Å². The lowest BCUT2D eigenvalue weighted by atomic mass is 9.98. The molecule has 0 fully saturated rings. The quantitative estimate of drug-likeness (QED) is 0.782. The molecule has 1 aromatic rings. The van der Waals surface area contributed by atoms with Crippen molar-refractivity contribution >= 4 is 0 Å². The van der Waals surface area contributed by atoms with E-state index in [0.717, 1.165) is 17.7 Å². The molecule has 102 valence electrons. The van der Waals surface area contributed by atoms with E-state index >= 15 is 0 Å². The van der Waals surface area contributed by atoms with E-state index in [1.165, 1.54) is 0 Å². The van der Waals surface area contributed by atoms with Crippen molar-refractivity contribution in [3.05, 3.63) is 29.8 Å². The molecule has 18 heavy (non-hydrogen) atoms. The van der Waals surface area contributed by atoms with Gasteiger partial charge in [-0.25, -0.2) is 0 Å². The van der Waals surface area contributed by atoms with Gasteiger partial charge in [0.1, 0.15) is 5.75 Å². The van der Waals surface area contributed by atoms with Crippen molar-refractivity contribution in [2.24, 2.45) is 0 Å². The lowest BCUT2D eigenvalue weighted by Crippen LogP contribution is -2.50. The van der Waals surface area contributed by atoms with Crippen molar-refractivity contribution in [1.29, 1.82) is 0 Å². The lowest BCUT2D eigenvalue weighted by molar-refractivity contribution is 0.136. The molecule has 3 nitrogen and oxygen atoms in total. The Hall–Kier alpha value is -1.06. The second kappa shape index (κ2) is 6.76. The minimum Gasteiger partial charge on any atom is -0.493 e. The van der Waals surface area contributed by atoms with E-state index < -0.39 is 0 Å². The van der Waals surface area contributed by atoms with Gasteiger partial charge in [-0.2, -0.15) is 0 Å². The summed E-state index contributed by atoms with van der Waals surface area (Å²) < 4.78 is 5.76. The minimum atomic E-state index is -0.281. The highest BCUT2D eigenvalue weighted by molar-refractivity contribution is 5.31. The molecular weight excluding hydrogens is 226 g/mol. The zero-order valence-electron chi connectivity index (χ0n) is 11.9. The summed E-state index contributed by atoms with van der Waals surface area (Å²) in [6, 6.07) is 8.33. The molecule has 0 radical (unpaired) electrons. The van der Waals surface area contributed by atoms with Crippen LogP contribution in [-0.4, -0.2) is 29.9 Å². The van der Waals surface area contributed by atoms with Gasteiger partial charge in [0.25, 0.3) is 0 Å². The van der Waals surface area contributed by atoms with Crippen LogP contribution in [0.5, 0.6) is 5.75 Å². The average molecular weight is 251 g/mol. The zero-order chi connectivity index (χ0) is 13.6. The Morgan fingerprint density at radius 3 is 2.56 bits per heavy atom. The summed E-state index contributed by atoms with van der Waals surface area (Å²) in [6.45, 7) is 8.93. The molecule has 0 saturated heterocycles. The summed E-state index contributed by atoms with van der Waals surface area (Å²) in [7, 11) is 0. The largest absolute Gasteiger partial charge is 0.493 e. The SMILES string of the molecule is Cc1ccccc1OCCC(C)(CO)NC(C)C. The van der Waals surface area contributed by atoms with Crippen molar-refractivity contribution in [2.45, 2.75) is 45.7 Å². The molecule has 0 aliphatic heterocycles. The maximum absolute atomic E-state index is 9.47. The molecule has 2 N–H and O–H groups in total. The third-order valence-electron chi connectivity index (χ3n) is 2.99. The van der Waals surface area contributed by atoms with Crippen LogP contribution in [0.4, 0.5) is 0 Å². The fourth-order valence-electron chi connectivity index (χ4n) is 2.00. The molecule has 0 aliphatic carbocycles. The van der Waals surface area contributed by atoms with E-state index in [1.54, 1.807) is 0 Å². The first kappa shape index (κ1) is 15.0. The molecule has 1 aromatic carbocycles. The summed E-state index contributed by atoms with van der Waals surface area (Å²) in [5, 5.41) is 12.8. The molecule has 0 heterocycles. The van der Waals surface area contributed by atoms with Crippen LogP contribution in [0.25, 0.3) is 0 Å². The van der Waals surface area contributed by atoms with E-state index in [9.17, 15) is 5.11 Å². The van der Waals surface area contributed by atoms with E-state index in [1.807, 2.05) is 38.1 Å². The monoisotopic (exact) mass is 251 g/mol. The van der Waals surface area contributed by atoms with Crippen LogP contribution in [0.3, 0.4) is 0 Å². The second-order valence-electron chi connectivity index (χ2n) is 5.38. The van der Waals surface area contributed by atoms with E-state index in [0.29, 0.717) is 12.6 Å². The number of aliphatic hydroxyl groups excluding tert-OH is 1. The highest BCUT2D eigenvalue weighted by atomic mass is 16.5. The van der Waals surface area contributed by atoms with Gasteiger partial charge < -0.3 is 15.2 Å². The lowest BCUT2D eigenvalue weighted by Gasteiger charge is -2.31. The maximum Gasteiger partial charge on any atom is 0.122 e. The van der Waals surface area contributed by atoms with Crippen molar-refractivity contribution in [3.8, 4) is 5.75 Å². The van der Waals surface area contributed by atoms with Gasteiger partial charge in [0.15, 0.2) is 0 Å².